The molecule has 1 heterocycles. The van der Waals surface area contributed by atoms with Gasteiger partial charge in [0.05, 0.1) is 0 Å². The molecular formula is C11H22N2. The predicted octanol–water partition coefficient (Wildman–Crippen LogP) is 1.31. The Morgan fingerprint density at radius 2 is 1.69 bits per heavy atom. The Balaban J connectivity index is 1.90. The van der Waals surface area contributed by atoms with Crippen molar-refractivity contribution in [3.8, 4) is 0 Å². The van der Waals surface area contributed by atoms with Gasteiger partial charge >= 0.3 is 0 Å². The molecule has 2 atom stereocenters. The molecule has 0 radical (unpaired) electrons. The fourth-order valence-electron chi connectivity index (χ4n) is 3.01. The predicted molar refractivity (Wildman–Crippen MR) is 55.5 cm³/mol. The average Bonchev–Trinajstić information content (AvgIpc) is 2.55. The summed E-state index contributed by atoms with van der Waals surface area (Å²) in [5.74, 6) is 1.71. The summed E-state index contributed by atoms with van der Waals surface area (Å²) in [5, 5.41) is 0. The molecule has 1 saturated heterocycles. The van der Waals surface area contributed by atoms with Crippen molar-refractivity contribution in [2.75, 3.05) is 20.1 Å². The normalized spacial score (nSPS) is 40.6. The molecule has 2 fully saturated rings. The van der Waals surface area contributed by atoms with Crippen LogP contribution in [0.5, 0.6) is 0 Å². The topological polar surface area (TPSA) is 29.3 Å². The first kappa shape index (κ1) is 9.47. The van der Waals surface area contributed by atoms with Gasteiger partial charge in [-0.1, -0.05) is 13.8 Å². The van der Waals surface area contributed by atoms with Gasteiger partial charge in [0.1, 0.15) is 0 Å². The monoisotopic (exact) mass is 182 g/mol. The number of nitrogens with zero attached hydrogens (tertiary/aromatic N) is 1. The molecule has 1 saturated carbocycles. The van der Waals surface area contributed by atoms with E-state index in [9.17, 15) is 0 Å². The lowest BCUT2D eigenvalue weighted by Crippen LogP contribution is -2.32. The van der Waals surface area contributed by atoms with Gasteiger partial charge in [-0.2, -0.15) is 0 Å². The number of piperidine rings is 1. The zero-order valence-electron chi connectivity index (χ0n) is 9.09. The van der Waals surface area contributed by atoms with E-state index in [4.69, 9.17) is 5.73 Å². The Morgan fingerprint density at radius 3 is 2.08 bits per heavy atom. The highest BCUT2D eigenvalue weighted by Gasteiger charge is 2.58. The molecule has 1 aliphatic carbocycles. The lowest BCUT2D eigenvalue weighted by atomic mass is 9.88. The summed E-state index contributed by atoms with van der Waals surface area (Å²) in [6.45, 7) is 7.18. The maximum absolute atomic E-state index is 6.10. The third-order valence-corrected chi connectivity index (χ3v) is 4.27. The molecule has 2 heteroatoms. The van der Waals surface area contributed by atoms with Crippen molar-refractivity contribution in [2.24, 2.45) is 23.0 Å². The standard InChI is InChI=1S/C11H22N2/c1-11(2)9(10(11)12)8-4-6-13(3)7-5-8/h8-10H,4-7,12H2,1-3H3/t9-,10-/m1/s1. The first-order chi connectivity index (χ1) is 6.03. The van der Waals surface area contributed by atoms with Crippen LogP contribution < -0.4 is 5.73 Å². The minimum absolute atomic E-state index is 0.431. The van der Waals surface area contributed by atoms with Crippen LogP contribution in [0.1, 0.15) is 26.7 Å². The van der Waals surface area contributed by atoms with Gasteiger partial charge in [0.25, 0.3) is 0 Å². The van der Waals surface area contributed by atoms with Crippen LogP contribution in [0, 0.1) is 17.3 Å². The molecule has 0 aromatic carbocycles. The first-order valence-electron chi connectivity index (χ1n) is 5.47. The molecular weight excluding hydrogens is 160 g/mol. The van der Waals surface area contributed by atoms with Crippen LogP contribution in [0.25, 0.3) is 0 Å². The molecule has 13 heavy (non-hydrogen) atoms. The van der Waals surface area contributed by atoms with E-state index in [2.05, 4.69) is 25.8 Å². The van der Waals surface area contributed by atoms with E-state index in [1.807, 2.05) is 0 Å². The molecule has 2 aliphatic rings. The van der Waals surface area contributed by atoms with Crippen LogP contribution in [-0.2, 0) is 0 Å². The highest BCUT2D eigenvalue weighted by atomic mass is 15.1. The molecule has 0 aromatic heterocycles. The van der Waals surface area contributed by atoms with Crippen LogP contribution in [0.4, 0.5) is 0 Å². The van der Waals surface area contributed by atoms with Crippen molar-refractivity contribution in [3.05, 3.63) is 0 Å². The van der Waals surface area contributed by atoms with Gasteiger partial charge in [-0.25, -0.2) is 0 Å². The first-order valence-corrected chi connectivity index (χ1v) is 5.47. The van der Waals surface area contributed by atoms with E-state index in [1.165, 1.54) is 25.9 Å². The number of likely N-dealkylation sites (tertiary alicyclic amines) is 1. The summed E-state index contributed by atoms with van der Waals surface area (Å²) < 4.78 is 0. The van der Waals surface area contributed by atoms with Gasteiger partial charge in [-0.05, 0) is 50.2 Å². The minimum Gasteiger partial charge on any atom is -0.327 e. The highest BCUT2D eigenvalue weighted by molar-refractivity contribution is 5.11. The van der Waals surface area contributed by atoms with E-state index in [1.54, 1.807) is 0 Å². The van der Waals surface area contributed by atoms with Gasteiger partial charge in [-0.15, -0.1) is 0 Å². The summed E-state index contributed by atoms with van der Waals surface area (Å²) in [4.78, 5) is 2.43. The third-order valence-electron chi connectivity index (χ3n) is 4.27. The summed E-state index contributed by atoms with van der Waals surface area (Å²) in [7, 11) is 2.22. The molecule has 1 aliphatic heterocycles. The van der Waals surface area contributed by atoms with E-state index in [-0.39, 0.29) is 0 Å². The van der Waals surface area contributed by atoms with Crippen molar-refractivity contribution in [1.82, 2.24) is 4.90 Å². The van der Waals surface area contributed by atoms with Crippen LogP contribution >= 0.6 is 0 Å². The molecule has 0 amide bonds. The maximum Gasteiger partial charge on any atom is 0.0130 e. The lowest BCUT2D eigenvalue weighted by Gasteiger charge is -2.29. The molecule has 2 rings (SSSR count). The molecule has 2 N–H and O–H groups in total. The van der Waals surface area contributed by atoms with Gasteiger partial charge in [0, 0.05) is 6.04 Å². The van der Waals surface area contributed by atoms with Crippen LogP contribution in [0.15, 0.2) is 0 Å². The van der Waals surface area contributed by atoms with Gasteiger partial charge in [-0.3, -0.25) is 0 Å². The van der Waals surface area contributed by atoms with Crippen LogP contribution in [0.3, 0.4) is 0 Å². The number of rotatable bonds is 1. The van der Waals surface area contributed by atoms with E-state index < -0.39 is 0 Å². The summed E-state index contributed by atoms with van der Waals surface area (Å²) in [6, 6.07) is 0.473. The minimum atomic E-state index is 0.431. The number of hydrogen-bond donors (Lipinski definition) is 1. The second-order valence-corrected chi connectivity index (χ2v) is 5.51. The molecule has 2 nitrogen and oxygen atoms in total. The van der Waals surface area contributed by atoms with Gasteiger partial charge < -0.3 is 10.6 Å². The van der Waals surface area contributed by atoms with Crippen molar-refractivity contribution < 1.29 is 0 Å². The van der Waals surface area contributed by atoms with Crippen molar-refractivity contribution in [3.63, 3.8) is 0 Å². The summed E-state index contributed by atoms with van der Waals surface area (Å²) in [6.07, 6.45) is 2.72. The fraction of sp³-hybridized carbons (Fsp3) is 1.00. The lowest BCUT2D eigenvalue weighted by molar-refractivity contribution is 0.192. The zero-order chi connectivity index (χ0) is 9.64. The molecule has 0 unspecified atom stereocenters. The average molecular weight is 182 g/mol. The van der Waals surface area contributed by atoms with Gasteiger partial charge in [0.15, 0.2) is 0 Å². The Morgan fingerprint density at radius 1 is 1.23 bits per heavy atom. The molecule has 76 valence electrons. The molecule has 0 bridgehead atoms. The highest BCUT2D eigenvalue weighted by Crippen LogP contribution is 2.56. The fourth-order valence-corrected chi connectivity index (χ4v) is 3.01. The zero-order valence-corrected chi connectivity index (χ0v) is 9.09. The van der Waals surface area contributed by atoms with Crippen molar-refractivity contribution in [1.29, 1.82) is 0 Å². The number of nitrogens with two attached hydrogens (primary N) is 1. The van der Waals surface area contributed by atoms with E-state index in [0.29, 0.717) is 11.5 Å². The Kier molecular flexibility index (Phi) is 2.16. The maximum atomic E-state index is 6.10. The quantitative estimate of drug-likeness (QED) is 0.662. The van der Waals surface area contributed by atoms with Crippen LogP contribution in [0.2, 0.25) is 0 Å². The SMILES string of the molecule is CN1CCC([C@@H]2[C@@H](N)C2(C)C)CC1. The van der Waals surface area contributed by atoms with E-state index in [0.717, 1.165) is 11.8 Å². The largest absolute Gasteiger partial charge is 0.327 e. The molecule has 0 aromatic rings. The van der Waals surface area contributed by atoms with E-state index >= 15 is 0 Å². The number of hydrogen-bond acceptors (Lipinski definition) is 2. The second-order valence-electron chi connectivity index (χ2n) is 5.51. The third kappa shape index (κ3) is 1.50. The Labute approximate surface area is 81.5 Å². The Bertz CT molecular complexity index is 192. The summed E-state index contributed by atoms with van der Waals surface area (Å²) >= 11 is 0. The summed E-state index contributed by atoms with van der Waals surface area (Å²) in [5.41, 5.74) is 6.53. The second kappa shape index (κ2) is 2.96. The van der Waals surface area contributed by atoms with Gasteiger partial charge in [0.2, 0.25) is 0 Å². The Hall–Kier alpha value is -0.0800. The van der Waals surface area contributed by atoms with Crippen molar-refractivity contribution >= 4 is 0 Å². The van der Waals surface area contributed by atoms with Crippen LogP contribution in [-0.4, -0.2) is 31.1 Å². The smallest absolute Gasteiger partial charge is 0.0130 e. The molecule has 0 spiro atoms. The van der Waals surface area contributed by atoms with Crippen molar-refractivity contribution in [2.45, 2.75) is 32.7 Å².